The smallest absolute Gasteiger partial charge is 0.257 e. The zero-order valence-corrected chi connectivity index (χ0v) is 18.3. The van der Waals surface area contributed by atoms with Crippen molar-refractivity contribution in [2.24, 2.45) is 0 Å². The van der Waals surface area contributed by atoms with Gasteiger partial charge in [-0.1, -0.05) is 0 Å². The third kappa shape index (κ3) is 3.87. The minimum absolute atomic E-state index is 0.00490. The summed E-state index contributed by atoms with van der Waals surface area (Å²) in [6, 6.07) is 4.80. The lowest BCUT2D eigenvalue weighted by Crippen LogP contribution is -2.61. The van der Waals surface area contributed by atoms with Crippen LogP contribution in [0.2, 0.25) is 0 Å². The third-order valence-corrected chi connectivity index (χ3v) is 5.90. The van der Waals surface area contributed by atoms with Gasteiger partial charge in [0.2, 0.25) is 0 Å². The van der Waals surface area contributed by atoms with Gasteiger partial charge in [-0.25, -0.2) is 9.37 Å². The first-order chi connectivity index (χ1) is 15.9. The van der Waals surface area contributed by atoms with E-state index in [9.17, 15) is 14.3 Å². The molecule has 33 heavy (non-hydrogen) atoms. The zero-order chi connectivity index (χ0) is 23.2. The van der Waals surface area contributed by atoms with Gasteiger partial charge in [0.05, 0.1) is 34.8 Å². The molecule has 5 rings (SSSR count). The summed E-state index contributed by atoms with van der Waals surface area (Å²) in [5, 5.41) is 15.9. The van der Waals surface area contributed by atoms with Crippen LogP contribution in [-0.4, -0.2) is 62.1 Å². The van der Waals surface area contributed by atoms with E-state index in [1.807, 2.05) is 13.0 Å². The highest BCUT2D eigenvalue weighted by atomic mass is 19.1. The number of pyridine rings is 1. The van der Waals surface area contributed by atoms with E-state index in [4.69, 9.17) is 0 Å². The summed E-state index contributed by atoms with van der Waals surface area (Å²) >= 11 is 0. The van der Waals surface area contributed by atoms with Crippen LogP contribution in [0.3, 0.4) is 0 Å². The minimum atomic E-state index is -0.522. The maximum absolute atomic E-state index is 14.4. The summed E-state index contributed by atoms with van der Waals surface area (Å²) in [7, 11) is 0. The van der Waals surface area contributed by atoms with Crippen molar-refractivity contribution in [2.45, 2.75) is 19.4 Å². The summed E-state index contributed by atoms with van der Waals surface area (Å²) in [4.78, 5) is 28.3. The van der Waals surface area contributed by atoms with Gasteiger partial charge in [0.15, 0.2) is 11.5 Å². The molecule has 1 aliphatic rings. The number of fused-ring (bicyclic) bond motifs is 2. The molecule has 1 amide bonds. The predicted octanol–water partition coefficient (Wildman–Crippen LogP) is 2.14. The second kappa shape index (κ2) is 8.05. The first kappa shape index (κ1) is 21.2. The van der Waals surface area contributed by atoms with Crippen LogP contribution in [0.15, 0.2) is 43.0 Å². The van der Waals surface area contributed by atoms with Gasteiger partial charge in [-0.05, 0) is 26.0 Å². The monoisotopic (exact) mass is 449 g/mol. The lowest BCUT2D eigenvalue weighted by Gasteiger charge is -2.41. The Morgan fingerprint density at radius 1 is 1.27 bits per heavy atom. The van der Waals surface area contributed by atoms with Gasteiger partial charge >= 0.3 is 0 Å². The highest BCUT2D eigenvalue weighted by Crippen LogP contribution is 2.29. The molecule has 1 aliphatic heterocycles. The SMILES string of the molecule is Cc1cn2cc(NC(=O)c3ccc(N4CCNC(C)(CO)C4)c4nccnc34)cc(F)c2n1. The molecule has 10 heteroatoms. The first-order valence-electron chi connectivity index (χ1n) is 10.7. The average molecular weight is 449 g/mol. The first-order valence-corrected chi connectivity index (χ1v) is 10.7. The Balaban J connectivity index is 1.49. The number of piperazine rings is 1. The summed E-state index contributed by atoms with van der Waals surface area (Å²) in [6.45, 7) is 5.78. The largest absolute Gasteiger partial charge is 0.394 e. The number of benzene rings is 1. The van der Waals surface area contributed by atoms with Gasteiger partial charge in [0.25, 0.3) is 5.91 Å². The van der Waals surface area contributed by atoms with Crippen molar-refractivity contribution in [1.29, 1.82) is 0 Å². The molecule has 0 bridgehead atoms. The molecule has 1 saturated heterocycles. The molecule has 0 spiro atoms. The molecular weight excluding hydrogens is 425 g/mol. The number of hydrogen-bond acceptors (Lipinski definition) is 7. The Kier molecular flexibility index (Phi) is 5.18. The summed E-state index contributed by atoms with van der Waals surface area (Å²) in [5.41, 5.74) is 3.00. The van der Waals surface area contributed by atoms with E-state index >= 15 is 0 Å². The predicted molar refractivity (Wildman–Crippen MR) is 123 cm³/mol. The van der Waals surface area contributed by atoms with Crippen molar-refractivity contribution in [3.05, 3.63) is 60.1 Å². The van der Waals surface area contributed by atoms with Crippen LogP contribution in [-0.2, 0) is 0 Å². The number of aromatic nitrogens is 4. The number of rotatable bonds is 4. The van der Waals surface area contributed by atoms with E-state index in [0.717, 1.165) is 12.2 Å². The molecule has 9 nitrogen and oxygen atoms in total. The third-order valence-electron chi connectivity index (χ3n) is 5.90. The maximum Gasteiger partial charge on any atom is 0.257 e. The number of nitrogens with one attached hydrogen (secondary N) is 2. The van der Waals surface area contributed by atoms with Gasteiger partial charge in [0, 0.05) is 50.5 Å². The van der Waals surface area contributed by atoms with Gasteiger partial charge in [0.1, 0.15) is 11.0 Å². The van der Waals surface area contributed by atoms with Gasteiger partial charge < -0.3 is 25.0 Å². The number of halogens is 1. The van der Waals surface area contributed by atoms with Crippen molar-refractivity contribution >= 4 is 34.0 Å². The summed E-state index contributed by atoms with van der Waals surface area (Å²) < 4.78 is 16.0. The number of imidazole rings is 1. The molecule has 0 saturated carbocycles. The standard InChI is InChI=1S/C23H24FN7O2/c1-14-10-31-11-15(9-17(24)21(31)28-14)29-22(33)16-3-4-18(20-19(16)25-5-6-26-20)30-8-7-27-23(2,12-30)13-32/h3-6,9-11,27,32H,7-8,12-13H2,1-2H3,(H,29,33). The topological polar surface area (TPSA) is 108 Å². The van der Waals surface area contributed by atoms with Gasteiger partial charge in [-0.2, -0.15) is 0 Å². The Bertz CT molecular complexity index is 1370. The Hall–Kier alpha value is -3.63. The summed E-state index contributed by atoms with van der Waals surface area (Å²) in [6.07, 6.45) is 6.44. The zero-order valence-electron chi connectivity index (χ0n) is 18.3. The number of hydrogen-bond donors (Lipinski definition) is 3. The highest BCUT2D eigenvalue weighted by Gasteiger charge is 2.31. The molecule has 1 unspecified atom stereocenters. The number of anilines is 2. The van der Waals surface area contributed by atoms with E-state index in [2.05, 4.69) is 30.5 Å². The van der Waals surface area contributed by atoms with Crippen molar-refractivity contribution in [1.82, 2.24) is 24.7 Å². The molecule has 4 heterocycles. The van der Waals surface area contributed by atoms with Crippen molar-refractivity contribution in [3.8, 4) is 0 Å². The van der Waals surface area contributed by atoms with E-state index in [-0.39, 0.29) is 12.3 Å². The Labute approximate surface area is 189 Å². The van der Waals surface area contributed by atoms with E-state index in [1.165, 1.54) is 6.07 Å². The molecule has 3 N–H and O–H groups in total. The number of aryl methyl sites for hydroxylation is 1. The second-order valence-corrected chi connectivity index (χ2v) is 8.60. The number of amides is 1. The second-order valence-electron chi connectivity index (χ2n) is 8.60. The van der Waals surface area contributed by atoms with Gasteiger partial charge in [-0.3, -0.25) is 14.8 Å². The fourth-order valence-corrected chi connectivity index (χ4v) is 4.29. The van der Waals surface area contributed by atoms with Crippen LogP contribution in [0.4, 0.5) is 15.8 Å². The normalized spacial score (nSPS) is 18.7. The van der Waals surface area contributed by atoms with Crippen molar-refractivity contribution in [3.63, 3.8) is 0 Å². The van der Waals surface area contributed by atoms with Crippen LogP contribution in [0.5, 0.6) is 0 Å². The van der Waals surface area contributed by atoms with E-state index in [1.54, 1.807) is 42.2 Å². The summed E-state index contributed by atoms with van der Waals surface area (Å²) in [5.74, 6) is -0.935. The fraction of sp³-hybridized carbons (Fsp3) is 0.304. The molecule has 1 aromatic carbocycles. The number of nitrogens with zero attached hydrogens (tertiary/aromatic N) is 5. The molecule has 1 atom stereocenters. The Morgan fingerprint density at radius 2 is 2.06 bits per heavy atom. The molecule has 0 aliphatic carbocycles. The highest BCUT2D eigenvalue weighted by molar-refractivity contribution is 6.13. The van der Waals surface area contributed by atoms with Crippen molar-refractivity contribution in [2.75, 3.05) is 36.5 Å². The van der Waals surface area contributed by atoms with Gasteiger partial charge in [-0.15, -0.1) is 0 Å². The van der Waals surface area contributed by atoms with E-state index in [0.29, 0.717) is 41.1 Å². The van der Waals surface area contributed by atoms with Crippen LogP contribution in [0.1, 0.15) is 23.0 Å². The number of carbonyl (C=O) groups excluding carboxylic acids is 1. The number of aliphatic hydroxyl groups is 1. The van der Waals surface area contributed by atoms with E-state index < -0.39 is 17.3 Å². The van der Waals surface area contributed by atoms with Crippen LogP contribution in [0.25, 0.3) is 16.7 Å². The number of aliphatic hydroxyl groups excluding tert-OH is 1. The fourth-order valence-electron chi connectivity index (χ4n) is 4.29. The minimum Gasteiger partial charge on any atom is -0.394 e. The Morgan fingerprint density at radius 3 is 2.85 bits per heavy atom. The molecule has 0 radical (unpaired) electrons. The average Bonchev–Trinajstić information content (AvgIpc) is 3.19. The molecule has 3 aromatic heterocycles. The number of carbonyl (C=O) groups is 1. The molecule has 4 aromatic rings. The maximum atomic E-state index is 14.4. The lowest BCUT2D eigenvalue weighted by atomic mass is 9.99. The van der Waals surface area contributed by atoms with Crippen LogP contribution < -0.4 is 15.5 Å². The van der Waals surface area contributed by atoms with Crippen LogP contribution >= 0.6 is 0 Å². The quantitative estimate of drug-likeness (QED) is 0.438. The molecule has 1 fully saturated rings. The molecular formula is C23H24FN7O2. The molecule has 170 valence electrons. The van der Waals surface area contributed by atoms with Crippen LogP contribution in [0, 0.1) is 12.7 Å². The van der Waals surface area contributed by atoms with Crippen molar-refractivity contribution < 1.29 is 14.3 Å². The lowest BCUT2D eigenvalue weighted by molar-refractivity contribution is 0.102.